The molecule has 0 aliphatic carbocycles. The second-order valence-electron chi connectivity index (χ2n) is 6.73. The van der Waals surface area contributed by atoms with Crippen molar-refractivity contribution in [2.24, 2.45) is 0 Å². The Morgan fingerprint density at radius 2 is 1.96 bits per heavy atom. The Kier molecular flexibility index (Phi) is 6.42. The van der Waals surface area contributed by atoms with E-state index in [1.54, 1.807) is 29.6 Å². The van der Waals surface area contributed by atoms with Crippen molar-refractivity contribution in [1.82, 2.24) is 19.8 Å². The van der Waals surface area contributed by atoms with Crippen LogP contribution in [0.1, 0.15) is 36.6 Å². The highest BCUT2D eigenvalue weighted by Crippen LogP contribution is 2.20. The number of benzene rings is 2. The van der Waals surface area contributed by atoms with Gasteiger partial charge in [-0.3, -0.25) is 0 Å². The van der Waals surface area contributed by atoms with Gasteiger partial charge in [-0.15, -0.1) is 0 Å². The lowest BCUT2D eigenvalue weighted by atomic mass is 10.1. The lowest BCUT2D eigenvalue weighted by Gasteiger charge is -2.28. The van der Waals surface area contributed by atoms with E-state index in [0.717, 1.165) is 23.2 Å². The van der Waals surface area contributed by atoms with Gasteiger partial charge in [-0.2, -0.15) is 0 Å². The van der Waals surface area contributed by atoms with Crippen LogP contribution in [0, 0.1) is 5.82 Å². The number of carbonyl (C=O) groups excluding carboxylic acids is 1. The van der Waals surface area contributed by atoms with Gasteiger partial charge in [0.15, 0.2) is 0 Å². The summed E-state index contributed by atoms with van der Waals surface area (Å²) in [6, 6.07) is 14.1. The minimum atomic E-state index is -0.279. The first-order chi connectivity index (χ1) is 13.6. The fourth-order valence-electron chi connectivity index (χ4n) is 3.22. The van der Waals surface area contributed by atoms with E-state index in [1.165, 1.54) is 12.1 Å². The van der Waals surface area contributed by atoms with E-state index >= 15 is 0 Å². The Bertz CT molecular complexity index is 893. The number of nitrogens with zero attached hydrogens (tertiary/aromatic N) is 3. The maximum Gasteiger partial charge on any atom is 0.318 e. The summed E-state index contributed by atoms with van der Waals surface area (Å²) in [4.78, 5) is 18.5. The van der Waals surface area contributed by atoms with Crippen LogP contribution in [0.4, 0.5) is 9.18 Å². The van der Waals surface area contributed by atoms with Crippen LogP contribution in [0.25, 0.3) is 0 Å². The molecule has 1 heterocycles. The number of aromatic nitrogens is 2. The third kappa shape index (κ3) is 4.97. The minimum absolute atomic E-state index is 0.140. The first-order valence-corrected chi connectivity index (χ1v) is 9.40. The zero-order chi connectivity index (χ0) is 19.9. The molecule has 0 radical (unpaired) electrons. The van der Waals surface area contributed by atoms with Crippen molar-refractivity contribution < 1.29 is 9.18 Å². The summed E-state index contributed by atoms with van der Waals surface area (Å²) in [5.41, 5.74) is 3.09. The molecule has 6 heteroatoms. The Labute approximate surface area is 164 Å². The lowest BCUT2D eigenvalue weighted by Crippen LogP contribution is -2.41. The topological polar surface area (TPSA) is 50.2 Å². The number of nitrogens with one attached hydrogen (secondary N) is 1. The molecule has 1 N–H and O–H groups in total. The summed E-state index contributed by atoms with van der Waals surface area (Å²) in [7, 11) is 0. The zero-order valence-corrected chi connectivity index (χ0v) is 16.2. The Morgan fingerprint density at radius 1 is 1.21 bits per heavy atom. The van der Waals surface area contributed by atoms with E-state index < -0.39 is 0 Å². The normalized spacial score (nSPS) is 11.8. The Balaban J connectivity index is 1.61. The van der Waals surface area contributed by atoms with Crippen LogP contribution in [0.5, 0.6) is 0 Å². The van der Waals surface area contributed by atoms with Gasteiger partial charge in [0.1, 0.15) is 5.82 Å². The Hall–Kier alpha value is -3.15. The highest BCUT2D eigenvalue weighted by atomic mass is 19.1. The van der Waals surface area contributed by atoms with Crippen LogP contribution >= 0.6 is 0 Å². The maximum atomic E-state index is 13.2. The van der Waals surface area contributed by atoms with Gasteiger partial charge in [-0.1, -0.05) is 36.4 Å². The van der Waals surface area contributed by atoms with Crippen LogP contribution in [0.2, 0.25) is 0 Å². The van der Waals surface area contributed by atoms with Crippen LogP contribution in [0.3, 0.4) is 0 Å². The number of carbonyl (C=O) groups is 1. The molecule has 28 heavy (non-hydrogen) atoms. The second kappa shape index (κ2) is 9.17. The molecule has 1 unspecified atom stereocenters. The molecule has 0 spiro atoms. The van der Waals surface area contributed by atoms with Crippen LogP contribution in [-0.4, -0.2) is 27.0 Å². The first-order valence-electron chi connectivity index (χ1n) is 9.40. The van der Waals surface area contributed by atoms with Crippen LogP contribution < -0.4 is 5.32 Å². The SMILES string of the molecule is CCN(C(=O)NCc1cccc(Cn2ccnc2)c1)C(C)c1ccc(F)cc1. The van der Waals surface area contributed by atoms with Gasteiger partial charge >= 0.3 is 6.03 Å². The van der Waals surface area contributed by atoms with Gasteiger partial charge < -0.3 is 14.8 Å². The fraction of sp³-hybridized carbons (Fsp3) is 0.273. The molecule has 3 rings (SSSR count). The quantitative estimate of drug-likeness (QED) is 0.662. The van der Waals surface area contributed by atoms with Gasteiger partial charge in [-0.05, 0) is 42.7 Å². The summed E-state index contributed by atoms with van der Waals surface area (Å²) in [5.74, 6) is -0.279. The van der Waals surface area contributed by atoms with E-state index in [0.29, 0.717) is 13.1 Å². The standard InChI is InChI=1S/C22H25FN4O/c1-3-27(17(2)20-7-9-21(23)10-8-20)22(28)25-14-18-5-4-6-19(13-18)15-26-12-11-24-16-26/h4-13,16-17H,3,14-15H2,1-2H3,(H,25,28). The van der Waals surface area contributed by atoms with Gasteiger partial charge in [0.2, 0.25) is 0 Å². The predicted molar refractivity (Wildman–Crippen MR) is 107 cm³/mol. The lowest BCUT2D eigenvalue weighted by molar-refractivity contribution is 0.182. The monoisotopic (exact) mass is 380 g/mol. The molecule has 0 bridgehead atoms. The predicted octanol–water partition coefficient (Wildman–Crippen LogP) is 4.36. The number of hydrogen-bond donors (Lipinski definition) is 1. The summed E-state index contributed by atoms with van der Waals surface area (Å²) >= 11 is 0. The van der Waals surface area contributed by atoms with E-state index in [4.69, 9.17) is 0 Å². The van der Waals surface area contributed by atoms with Crippen molar-refractivity contribution >= 4 is 6.03 Å². The largest absolute Gasteiger partial charge is 0.334 e. The molecule has 2 amide bonds. The van der Waals surface area contributed by atoms with Crippen LogP contribution in [-0.2, 0) is 13.1 Å². The molecule has 0 fully saturated rings. The molecule has 0 aliphatic rings. The van der Waals surface area contributed by atoms with Crippen molar-refractivity contribution in [1.29, 1.82) is 0 Å². The highest BCUT2D eigenvalue weighted by Gasteiger charge is 2.19. The summed E-state index contributed by atoms with van der Waals surface area (Å²) in [5, 5.41) is 2.99. The van der Waals surface area contributed by atoms with Crippen molar-refractivity contribution in [2.45, 2.75) is 33.0 Å². The van der Waals surface area contributed by atoms with Gasteiger partial charge in [0.05, 0.1) is 12.4 Å². The number of halogens is 1. The average Bonchev–Trinajstić information content (AvgIpc) is 3.21. The van der Waals surface area contributed by atoms with E-state index in [9.17, 15) is 9.18 Å². The summed E-state index contributed by atoms with van der Waals surface area (Å²) < 4.78 is 15.2. The zero-order valence-electron chi connectivity index (χ0n) is 16.2. The molecule has 2 aromatic carbocycles. The van der Waals surface area contributed by atoms with Gasteiger partial charge in [0, 0.05) is 32.0 Å². The fourth-order valence-corrected chi connectivity index (χ4v) is 3.22. The molecule has 1 aromatic heterocycles. The van der Waals surface area contributed by atoms with E-state index in [1.807, 2.05) is 36.7 Å². The summed E-state index contributed by atoms with van der Waals surface area (Å²) in [6.45, 7) is 5.63. The number of rotatable bonds is 7. The first kappa shape index (κ1) is 19.6. The van der Waals surface area contributed by atoms with E-state index in [-0.39, 0.29) is 17.9 Å². The maximum absolute atomic E-state index is 13.2. The van der Waals surface area contributed by atoms with E-state index in [2.05, 4.69) is 22.4 Å². The summed E-state index contributed by atoms with van der Waals surface area (Å²) in [6.07, 6.45) is 5.46. The molecule has 3 aromatic rings. The number of hydrogen-bond acceptors (Lipinski definition) is 2. The van der Waals surface area contributed by atoms with Crippen molar-refractivity contribution in [3.63, 3.8) is 0 Å². The molecular weight excluding hydrogens is 355 g/mol. The van der Waals surface area contributed by atoms with Crippen molar-refractivity contribution in [2.75, 3.05) is 6.54 Å². The molecule has 146 valence electrons. The molecule has 0 saturated heterocycles. The number of amides is 2. The third-order valence-electron chi connectivity index (χ3n) is 4.78. The van der Waals surface area contributed by atoms with Crippen LogP contribution in [0.15, 0.2) is 67.3 Å². The van der Waals surface area contributed by atoms with Crippen molar-refractivity contribution in [3.05, 3.63) is 89.8 Å². The molecular formula is C22H25FN4O. The molecule has 5 nitrogen and oxygen atoms in total. The molecule has 1 atom stereocenters. The third-order valence-corrected chi connectivity index (χ3v) is 4.78. The minimum Gasteiger partial charge on any atom is -0.334 e. The number of urea groups is 1. The van der Waals surface area contributed by atoms with Gasteiger partial charge in [-0.25, -0.2) is 14.2 Å². The number of imidazole rings is 1. The van der Waals surface area contributed by atoms with Gasteiger partial charge in [0.25, 0.3) is 0 Å². The smallest absolute Gasteiger partial charge is 0.318 e. The average molecular weight is 380 g/mol. The Morgan fingerprint density at radius 3 is 2.64 bits per heavy atom. The molecule has 0 saturated carbocycles. The highest BCUT2D eigenvalue weighted by molar-refractivity contribution is 5.74. The second-order valence-corrected chi connectivity index (χ2v) is 6.73. The van der Waals surface area contributed by atoms with Crippen molar-refractivity contribution in [3.8, 4) is 0 Å². The molecule has 0 aliphatic heterocycles.